The van der Waals surface area contributed by atoms with E-state index in [1.165, 1.54) is 21.2 Å². The summed E-state index contributed by atoms with van der Waals surface area (Å²) in [7, 11) is 4.25. The summed E-state index contributed by atoms with van der Waals surface area (Å²) < 4.78 is 0. The first-order chi connectivity index (χ1) is 12.4. The van der Waals surface area contributed by atoms with Crippen LogP contribution in [0.5, 0.6) is 0 Å². The lowest BCUT2D eigenvalue weighted by molar-refractivity contribution is -0.159. The highest BCUT2D eigenvalue weighted by atomic mass is 32.2. The zero-order chi connectivity index (χ0) is 19.1. The summed E-state index contributed by atoms with van der Waals surface area (Å²) in [5, 5.41) is 14.8. The molecule has 1 aliphatic rings. The van der Waals surface area contributed by atoms with Crippen LogP contribution in [0.1, 0.15) is 6.42 Å². The first-order valence-corrected chi connectivity index (χ1v) is 8.81. The minimum absolute atomic E-state index is 1.03. The van der Waals surface area contributed by atoms with Gasteiger partial charge in [-0.05, 0) is 45.3 Å². The van der Waals surface area contributed by atoms with Gasteiger partial charge < -0.3 is 20.0 Å². The van der Waals surface area contributed by atoms with Crippen LogP contribution in [0.2, 0.25) is 0 Å². The van der Waals surface area contributed by atoms with E-state index in [9.17, 15) is 0 Å². The highest BCUT2D eigenvalue weighted by Crippen LogP contribution is 2.47. The van der Waals surface area contributed by atoms with E-state index < -0.39 is 11.9 Å². The lowest BCUT2D eigenvalue weighted by Crippen LogP contribution is -2.25. The third-order valence-electron chi connectivity index (χ3n) is 3.60. The number of carbonyl (C=O) groups is 2. The van der Waals surface area contributed by atoms with Crippen molar-refractivity contribution in [2.75, 3.05) is 32.1 Å². The van der Waals surface area contributed by atoms with Gasteiger partial charge in [0, 0.05) is 23.8 Å². The van der Waals surface area contributed by atoms with Crippen LogP contribution in [0, 0.1) is 0 Å². The molecule has 0 unspecified atom stereocenters. The van der Waals surface area contributed by atoms with Crippen molar-refractivity contribution in [1.29, 1.82) is 0 Å². The second-order valence-corrected chi connectivity index (χ2v) is 6.92. The summed E-state index contributed by atoms with van der Waals surface area (Å²) in [6.45, 7) is 2.14. The highest BCUT2D eigenvalue weighted by Gasteiger charge is 2.22. The fourth-order valence-electron chi connectivity index (χ4n) is 2.47. The lowest BCUT2D eigenvalue weighted by Gasteiger charge is -2.32. The van der Waals surface area contributed by atoms with Crippen LogP contribution in [-0.4, -0.2) is 59.2 Å². The average molecular weight is 375 g/mol. The summed E-state index contributed by atoms with van der Waals surface area (Å²) >= 11 is 1.81. The molecule has 26 heavy (non-hydrogen) atoms. The second-order valence-electron chi connectivity index (χ2n) is 5.83. The smallest absolute Gasteiger partial charge is 0.414 e. The van der Waals surface area contributed by atoms with E-state index in [0.29, 0.717) is 0 Å². The molecule has 0 radical (unpaired) electrons. The van der Waals surface area contributed by atoms with Gasteiger partial charge in [0.2, 0.25) is 0 Å². The van der Waals surface area contributed by atoms with Crippen molar-refractivity contribution in [2.24, 2.45) is 0 Å². The van der Waals surface area contributed by atoms with E-state index in [2.05, 4.69) is 59.2 Å². The Labute approximate surface area is 156 Å². The van der Waals surface area contributed by atoms with Gasteiger partial charge in [-0.1, -0.05) is 23.9 Å². The molecule has 7 nitrogen and oxygen atoms in total. The first kappa shape index (κ1) is 19.7. The van der Waals surface area contributed by atoms with Crippen LogP contribution in [0.25, 0.3) is 0 Å². The third-order valence-corrected chi connectivity index (χ3v) is 4.70. The number of nitrogens with zero attached hydrogens (tertiary/aromatic N) is 3. The van der Waals surface area contributed by atoms with E-state index in [4.69, 9.17) is 19.8 Å². The van der Waals surface area contributed by atoms with Crippen LogP contribution < -0.4 is 4.90 Å². The van der Waals surface area contributed by atoms with Gasteiger partial charge in [0.25, 0.3) is 0 Å². The third kappa shape index (κ3) is 5.21. The van der Waals surface area contributed by atoms with Gasteiger partial charge in [0.15, 0.2) is 0 Å². The molecule has 3 rings (SSSR count). The maximum Gasteiger partial charge on any atom is 0.414 e. The summed E-state index contributed by atoms with van der Waals surface area (Å²) in [5.74, 6) is -3.65. The molecule has 2 heterocycles. The minimum Gasteiger partial charge on any atom is -0.473 e. The number of aromatic nitrogens is 1. The molecule has 0 atom stereocenters. The summed E-state index contributed by atoms with van der Waals surface area (Å²) in [6.07, 6.45) is 4.99. The van der Waals surface area contributed by atoms with E-state index in [0.717, 1.165) is 19.5 Å². The molecule has 1 aromatic heterocycles. The summed E-state index contributed by atoms with van der Waals surface area (Å²) in [4.78, 5) is 29.7. The molecule has 0 spiro atoms. The van der Waals surface area contributed by atoms with Crippen molar-refractivity contribution >= 4 is 35.1 Å². The molecule has 0 aliphatic carbocycles. The zero-order valence-corrected chi connectivity index (χ0v) is 15.4. The van der Waals surface area contributed by atoms with Gasteiger partial charge >= 0.3 is 11.9 Å². The number of anilines is 2. The number of fused-ring (bicyclic) bond motifs is 2. The van der Waals surface area contributed by atoms with Gasteiger partial charge in [-0.25, -0.2) is 9.59 Å². The molecule has 138 valence electrons. The standard InChI is InChI=1S/C16H19N3S.C2H2O4/c1-18(2)10-5-11-19-13-6-3-4-7-15(13)20-16-12-17-9-8-14(16)19;3-1(4)2(5)6/h3-4,6-9,12H,5,10-11H2,1-2H3;(H,3,4)(H,5,6). The van der Waals surface area contributed by atoms with E-state index in [1.54, 1.807) is 0 Å². The SMILES string of the molecule is CN(C)CCCN1c2ccccc2Sc2cnccc21.O=C(O)C(=O)O. The zero-order valence-electron chi connectivity index (χ0n) is 14.6. The van der Waals surface area contributed by atoms with Gasteiger partial charge in [-0.2, -0.15) is 0 Å². The largest absolute Gasteiger partial charge is 0.473 e. The average Bonchev–Trinajstić information content (AvgIpc) is 2.61. The molecule has 0 saturated carbocycles. The number of rotatable bonds is 4. The number of para-hydroxylation sites is 1. The normalized spacial score (nSPS) is 11.9. The van der Waals surface area contributed by atoms with Crippen molar-refractivity contribution in [2.45, 2.75) is 16.2 Å². The Morgan fingerprint density at radius 3 is 2.38 bits per heavy atom. The lowest BCUT2D eigenvalue weighted by atomic mass is 10.2. The molecule has 8 heteroatoms. The number of benzene rings is 1. The Morgan fingerprint density at radius 1 is 1.08 bits per heavy atom. The molecule has 2 aromatic rings. The first-order valence-electron chi connectivity index (χ1n) is 7.99. The van der Waals surface area contributed by atoms with E-state index in [-0.39, 0.29) is 0 Å². The predicted molar refractivity (Wildman–Crippen MR) is 100 cm³/mol. The predicted octanol–water partition coefficient (Wildman–Crippen LogP) is 2.79. The van der Waals surface area contributed by atoms with Crippen molar-refractivity contribution in [3.63, 3.8) is 0 Å². The summed E-state index contributed by atoms with van der Waals surface area (Å²) in [6, 6.07) is 10.7. The monoisotopic (exact) mass is 375 g/mol. The van der Waals surface area contributed by atoms with Crippen LogP contribution in [0.3, 0.4) is 0 Å². The highest BCUT2D eigenvalue weighted by molar-refractivity contribution is 7.99. The fraction of sp³-hybridized carbons (Fsp3) is 0.278. The molecule has 0 bridgehead atoms. The number of carboxylic acids is 2. The Bertz CT molecular complexity index is 725. The molecule has 1 aliphatic heterocycles. The van der Waals surface area contributed by atoms with Crippen LogP contribution >= 0.6 is 11.8 Å². The van der Waals surface area contributed by atoms with Crippen LogP contribution in [0.15, 0.2) is 52.5 Å². The quantitative estimate of drug-likeness (QED) is 0.788. The molecular formula is C18H21N3O4S. The number of hydrogen-bond donors (Lipinski definition) is 2. The van der Waals surface area contributed by atoms with E-state index >= 15 is 0 Å². The topological polar surface area (TPSA) is 94.0 Å². The van der Waals surface area contributed by atoms with Crippen LogP contribution in [0.4, 0.5) is 11.4 Å². The van der Waals surface area contributed by atoms with E-state index in [1.807, 2.05) is 24.2 Å². The summed E-state index contributed by atoms with van der Waals surface area (Å²) in [5.41, 5.74) is 2.59. The molecule has 0 saturated heterocycles. The number of carboxylic acid groups (broad SMARTS) is 2. The minimum atomic E-state index is -1.82. The number of aliphatic carboxylic acids is 2. The maximum absolute atomic E-state index is 9.10. The Balaban J connectivity index is 0.000000352. The molecule has 2 N–H and O–H groups in total. The fourth-order valence-corrected chi connectivity index (χ4v) is 3.54. The molecule has 0 fully saturated rings. The number of pyridine rings is 1. The van der Waals surface area contributed by atoms with Crippen molar-refractivity contribution in [3.05, 3.63) is 42.7 Å². The van der Waals surface area contributed by atoms with Gasteiger partial charge in [-0.15, -0.1) is 0 Å². The number of hydrogen-bond acceptors (Lipinski definition) is 6. The Kier molecular flexibility index (Phi) is 6.99. The molecule has 1 aromatic carbocycles. The van der Waals surface area contributed by atoms with Crippen molar-refractivity contribution in [1.82, 2.24) is 9.88 Å². The van der Waals surface area contributed by atoms with Crippen LogP contribution in [-0.2, 0) is 9.59 Å². The molecule has 0 amide bonds. The molecular weight excluding hydrogens is 354 g/mol. The van der Waals surface area contributed by atoms with Gasteiger partial charge in [0.1, 0.15) is 0 Å². The Hall–Kier alpha value is -2.58. The van der Waals surface area contributed by atoms with Crippen molar-refractivity contribution < 1.29 is 19.8 Å². The Morgan fingerprint density at radius 2 is 1.73 bits per heavy atom. The van der Waals surface area contributed by atoms with Gasteiger partial charge in [-0.3, -0.25) is 4.98 Å². The van der Waals surface area contributed by atoms with Gasteiger partial charge in [0.05, 0.1) is 16.3 Å². The second kappa shape index (κ2) is 9.21. The van der Waals surface area contributed by atoms with Crippen molar-refractivity contribution in [3.8, 4) is 0 Å². The maximum atomic E-state index is 9.10.